The largest absolute Gasteiger partial charge is 0.354 e. The van der Waals surface area contributed by atoms with E-state index in [-0.39, 0.29) is 12.5 Å². The van der Waals surface area contributed by atoms with Gasteiger partial charge in [0.15, 0.2) is 0 Å². The normalized spacial score (nSPS) is 12.3. The highest BCUT2D eigenvalue weighted by molar-refractivity contribution is 7.90. The third-order valence-electron chi connectivity index (χ3n) is 5.88. The lowest BCUT2D eigenvalue weighted by atomic mass is 10.1. The van der Waals surface area contributed by atoms with Gasteiger partial charge in [-0.05, 0) is 43.0 Å². The molecule has 192 valence electrons. The zero-order valence-electron chi connectivity index (χ0n) is 21.4. The third kappa shape index (κ3) is 7.53. The Balaban J connectivity index is 2.45. The van der Waals surface area contributed by atoms with Crippen LogP contribution in [0.2, 0.25) is 0 Å². The van der Waals surface area contributed by atoms with Crippen LogP contribution in [0.15, 0.2) is 54.6 Å². The molecule has 0 aliphatic heterocycles. The van der Waals surface area contributed by atoms with Crippen molar-refractivity contribution in [3.8, 4) is 0 Å². The van der Waals surface area contributed by atoms with Gasteiger partial charge in [-0.25, -0.2) is 4.31 Å². The summed E-state index contributed by atoms with van der Waals surface area (Å²) in [5.41, 5.74) is 2.28. The van der Waals surface area contributed by atoms with Crippen LogP contribution in [0, 0.1) is 6.92 Å². The van der Waals surface area contributed by atoms with Gasteiger partial charge in [-0.15, -0.1) is 0 Å². The second-order valence-electron chi connectivity index (χ2n) is 8.65. The van der Waals surface area contributed by atoms with E-state index in [1.165, 1.54) is 19.0 Å². The quantitative estimate of drug-likeness (QED) is 0.426. The highest BCUT2D eigenvalue weighted by atomic mass is 32.2. The van der Waals surface area contributed by atoms with Crippen LogP contribution in [-0.2, 0) is 26.3 Å². The van der Waals surface area contributed by atoms with Crippen molar-refractivity contribution < 1.29 is 18.0 Å². The van der Waals surface area contributed by atoms with E-state index in [0.29, 0.717) is 18.7 Å². The average molecular weight is 503 g/mol. The summed E-state index contributed by atoms with van der Waals surface area (Å²) in [6.45, 7) is 6.16. The maximum atomic E-state index is 13.8. The Kier molecular flexibility index (Phi) is 10.7. The molecule has 0 radical (unpaired) electrons. The van der Waals surface area contributed by atoms with E-state index in [2.05, 4.69) is 5.32 Å². The molecule has 2 rings (SSSR count). The Morgan fingerprint density at radius 2 is 1.60 bits per heavy atom. The van der Waals surface area contributed by atoms with Crippen molar-refractivity contribution in [3.63, 3.8) is 0 Å². The number of nitrogens with zero attached hydrogens (tertiary/aromatic N) is 3. The molecule has 2 amide bonds. The maximum Gasteiger partial charge on any atom is 0.304 e. The van der Waals surface area contributed by atoms with Crippen LogP contribution in [0.1, 0.15) is 44.2 Å². The third-order valence-corrected chi connectivity index (χ3v) is 7.70. The second-order valence-corrected chi connectivity index (χ2v) is 10.7. The zero-order valence-corrected chi connectivity index (χ0v) is 22.2. The molecule has 2 aromatic rings. The van der Waals surface area contributed by atoms with Gasteiger partial charge >= 0.3 is 10.2 Å². The summed E-state index contributed by atoms with van der Waals surface area (Å²) in [4.78, 5) is 28.4. The van der Waals surface area contributed by atoms with Crippen molar-refractivity contribution in [3.05, 3.63) is 65.7 Å². The monoisotopic (exact) mass is 502 g/mol. The smallest absolute Gasteiger partial charge is 0.304 e. The number of carbonyl (C=O) groups is 2. The topological polar surface area (TPSA) is 90.0 Å². The number of nitrogens with one attached hydrogen (secondary N) is 1. The number of anilines is 1. The van der Waals surface area contributed by atoms with Gasteiger partial charge in [0.1, 0.15) is 12.6 Å². The fourth-order valence-corrected chi connectivity index (χ4v) is 4.76. The summed E-state index contributed by atoms with van der Waals surface area (Å²) in [6, 6.07) is 15.5. The molecule has 8 nitrogen and oxygen atoms in total. The molecule has 1 N–H and O–H groups in total. The van der Waals surface area contributed by atoms with E-state index in [1.54, 1.807) is 30.3 Å². The van der Waals surface area contributed by atoms with Crippen molar-refractivity contribution in [2.24, 2.45) is 0 Å². The highest BCUT2D eigenvalue weighted by Crippen LogP contribution is 2.21. The van der Waals surface area contributed by atoms with Gasteiger partial charge in [0.05, 0.1) is 5.69 Å². The number of hydrogen-bond acceptors (Lipinski definition) is 4. The van der Waals surface area contributed by atoms with E-state index in [0.717, 1.165) is 32.6 Å². The number of unbranched alkanes of at least 4 members (excludes halogenated alkanes) is 1. The molecule has 0 aliphatic rings. The highest BCUT2D eigenvalue weighted by Gasteiger charge is 2.33. The molecule has 0 saturated heterocycles. The van der Waals surface area contributed by atoms with Crippen LogP contribution in [0.3, 0.4) is 0 Å². The number of aryl methyl sites for hydroxylation is 1. The summed E-state index contributed by atoms with van der Waals surface area (Å²) in [6.07, 6.45) is 2.19. The fraction of sp³-hybridized carbons (Fsp3) is 0.462. The molecular weight excluding hydrogens is 464 g/mol. The molecule has 35 heavy (non-hydrogen) atoms. The maximum absolute atomic E-state index is 13.8. The van der Waals surface area contributed by atoms with Crippen molar-refractivity contribution in [2.45, 2.75) is 52.6 Å². The minimum atomic E-state index is -3.95. The molecule has 1 atom stereocenters. The van der Waals surface area contributed by atoms with E-state index < -0.39 is 28.7 Å². The van der Waals surface area contributed by atoms with Gasteiger partial charge in [0, 0.05) is 27.2 Å². The SMILES string of the molecule is CCCCNC(=O)[C@@H](CC)N(Cc1ccccc1C)C(=O)CN(c1ccccc1)S(=O)(=O)N(C)C. The number of rotatable bonds is 13. The van der Waals surface area contributed by atoms with Crippen LogP contribution in [0.5, 0.6) is 0 Å². The minimum absolute atomic E-state index is 0.204. The van der Waals surface area contributed by atoms with Gasteiger partial charge in [-0.1, -0.05) is 62.7 Å². The molecule has 0 fully saturated rings. The summed E-state index contributed by atoms with van der Waals surface area (Å²) in [7, 11) is -1.10. The van der Waals surface area contributed by atoms with Crippen molar-refractivity contribution in [2.75, 3.05) is 31.5 Å². The molecular formula is C26H38N4O4S. The zero-order chi connectivity index (χ0) is 26.0. The lowest BCUT2D eigenvalue weighted by Gasteiger charge is -2.34. The molecule has 0 saturated carbocycles. The van der Waals surface area contributed by atoms with Crippen LogP contribution in [0.25, 0.3) is 0 Å². The van der Waals surface area contributed by atoms with Crippen molar-refractivity contribution in [1.29, 1.82) is 0 Å². The summed E-state index contributed by atoms with van der Waals surface area (Å²) in [5.74, 6) is -0.676. The molecule has 0 heterocycles. The summed E-state index contributed by atoms with van der Waals surface area (Å²) < 4.78 is 28.5. The van der Waals surface area contributed by atoms with Crippen molar-refractivity contribution in [1.82, 2.24) is 14.5 Å². The van der Waals surface area contributed by atoms with Gasteiger partial charge in [0.2, 0.25) is 11.8 Å². The predicted molar refractivity (Wildman–Crippen MR) is 140 cm³/mol. The van der Waals surface area contributed by atoms with Gasteiger partial charge in [-0.2, -0.15) is 12.7 Å². The minimum Gasteiger partial charge on any atom is -0.354 e. The number of para-hydroxylation sites is 1. The van der Waals surface area contributed by atoms with Crippen LogP contribution >= 0.6 is 0 Å². The average Bonchev–Trinajstić information content (AvgIpc) is 2.83. The summed E-state index contributed by atoms with van der Waals surface area (Å²) >= 11 is 0. The Hall–Kier alpha value is -2.91. The van der Waals surface area contributed by atoms with Crippen LogP contribution < -0.4 is 9.62 Å². The lowest BCUT2D eigenvalue weighted by Crippen LogP contribution is -2.53. The molecule has 0 bridgehead atoms. The van der Waals surface area contributed by atoms with E-state index in [4.69, 9.17) is 0 Å². The first-order chi connectivity index (χ1) is 16.6. The van der Waals surface area contributed by atoms with Gasteiger partial charge < -0.3 is 10.2 Å². The number of carbonyl (C=O) groups excluding carboxylic acids is 2. The molecule has 0 aliphatic carbocycles. The molecule has 9 heteroatoms. The first-order valence-corrected chi connectivity index (χ1v) is 13.4. The fourth-order valence-electron chi connectivity index (χ4n) is 3.71. The second kappa shape index (κ2) is 13.3. The molecule has 0 aromatic heterocycles. The number of hydrogen-bond donors (Lipinski definition) is 1. The Morgan fingerprint density at radius 1 is 0.971 bits per heavy atom. The molecule has 0 unspecified atom stereocenters. The number of amides is 2. The first-order valence-electron chi connectivity index (χ1n) is 12.0. The van der Waals surface area contributed by atoms with Gasteiger partial charge in [-0.3, -0.25) is 9.59 Å². The molecule has 0 spiro atoms. The van der Waals surface area contributed by atoms with Crippen LogP contribution in [-0.4, -0.2) is 62.7 Å². The Labute approximate surface area is 210 Å². The lowest BCUT2D eigenvalue weighted by molar-refractivity contribution is -0.140. The van der Waals surface area contributed by atoms with E-state index in [9.17, 15) is 18.0 Å². The van der Waals surface area contributed by atoms with E-state index in [1.807, 2.05) is 45.0 Å². The number of benzene rings is 2. The van der Waals surface area contributed by atoms with Crippen LogP contribution in [0.4, 0.5) is 5.69 Å². The van der Waals surface area contributed by atoms with Crippen molar-refractivity contribution >= 4 is 27.7 Å². The van der Waals surface area contributed by atoms with Gasteiger partial charge in [0.25, 0.3) is 0 Å². The Morgan fingerprint density at radius 3 is 2.17 bits per heavy atom. The van der Waals surface area contributed by atoms with E-state index >= 15 is 0 Å². The molecule has 2 aromatic carbocycles. The Bertz CT molecular complexity index is 1070. The first kappa shape index (κ1) is 28.3. The predicted octanol–water partition coefficient (Wildman–Crippen LogP) is 3.33. The summed E-state index contributed by atoms with van der Waals surface area (Å²) in [5, 5.41) is 2.93. The standard InChI is InChI=1S/C26H38N4O4S/c1-6-8-18-27-26(32)24(7-2)29(19-22-15-13-12-14-21(22)3)25(31)20-30(35(33,34)28(4)5)23-16-10-9-11-17-23/h9-17,24H,6-8,18-20H2,1-5H3,(H,27,32)/t24-/m1/s1.